The summed E-state index contributed by atoms with van der Waals surface area (Å²) in [5.41, 5.74) is 0.0590. The van der Waals surface area contributed by atoms with Gasteiger partial charge in [0.2, 0.25) is 5.91 Å². The fraction of sp³-hybridized carbons (Fsp3) is 0.133. The number of para-hydroxylation sites is 1. The zero-order valence-electron chi connectivity index (χ0n) is 12.1. The summed E-state index contributed by atoms with van der Waals surface area (Å²) < 4.78 is 36.5. The van der Waals surface area contributed by atoms with E-state index in [1.54, 1.807) is 23.0 Å². The molecule has 1 aromatic carbocycles. The van der Waals surface area contributed by atoms with Crippen molar-refractivity contribution in [3.63, 3.8) is 0 Å². The fourth-order valence-corrected chi connectivity index (χ4v) is 2.23. The normalized spacial score (nSPS) is 11.5. The quantitative estimate of drug-likeness (QED) is 0.810. The van der Waals surface area contributed by atoms with Crippen LogP contribution in [0, 0.1) is 0 Å². The monoisotopic (exact) mass is 355 g/mol. The molecule has 0 spiro atoms. The average Bonchev–Trinajstić information content (AvgIpc) is 3.04. The van der Waals surface area contributed by atoms with Gasteiger partial charge in [-0.1, -0.05) is 12.1 Å². The van der Waals surface area contributed by atoms with Gasteiger partial charge in [0.25, 0.3) is 5.91 Å². The number of rotatable bonds is 5. The molecule has 2 rings (SSSR count). The highest BCUT2D eigenvalue weighted by Crippen LogP contribution is 2.17. The summed E-state index contributed by atoms with van der Waals surface area (Å²) in [6.45, 7) is -1.45. The van der Waals surface area contributed by atoms with E-state index >= 15 is 0 Å². The Bertz CT molecular complexity index is 743. The summed E-state index contributed by atoms with van der Waals surface area (Å²) in [5, 5.41) is 6.60. The van der Waals surface area contributed by atoms with Crippen molar-refractivity contribution >= 4 is 34.9 Å². The maximum Gasteiger partial charge on any atom is 0.405 e. The first-order chi connectivity index (χ1) is 11.3. The van der Waals surface area contributed by atoms with E-state index in [-0.39, 0.29) is 11.3 Å². The molecule has 2 amide bonds. The van der Waals surface area contributed by atoms with Crippen LogP contribution in [-0.2, 0) is 4.79 Å². The number of anilines is 1. The van der Waals surface area contributed by atoms with Crippen molar-refractivity contribution in [1.82, 2.24) is 10.3 Å². The maximum absolute atomic E-state index is 12.2. The molecule has 0 atom stereocenters. The van der Waals surface area contributed by atoms with Gasteiger partial charge in [-0.2, -0.15) is 13.2 Å². The predicted octanol–water partition coefficient (Wildman–Crippen LogP) is 3.09. The van der Waals surface area contributed by atoms with Gasteiger partial charge in [-0.3, -0.25) is 9.59 Å². The Morgan fingerprint density at radius 3 is 2.67 bits per heavy atom. The summed E-state index contributed by atoms with van der Waals surface area (Å²) in [4.78, 5) is 27.7. The fourth-order valence-electron chi connectivity index (χ4n) is 1.70. The van der Waals surface area contributed by atoms with E-state index in [2.05, 4.69) is 10.3 Å². The van der Waals surface area contributed by atoms with Crippen LogP contribution < -0.4 is 10.6 Å². The molecular formula is C15H12F3N3O2S. The molecule has 1 heterocycles. The lowest BCUT2D eigenvalue weighted by atomic mass is 10.1. The van der Waals surface area contributed by atoms with E-state index in [0.29, 0.717) is 5.01 Å². The van der Waals surface area contributed by atoms with Crippen LogP contribution >= 0.6 is 11.3 Å². The minimum Gasteiger partial charge on any atom is -0.343 e. The van der Waals surface area contributed by atoms with Gasteiger partial charge in [0.15, 0.2) is 0 Å². The summed E-state index contributed by atoms with van der Waals surface area (Å²) >= 11 is 1.34. The Kier molecular flexibility index (Phi) is 5.69. The molecule has 1 aromatic heterocycles. The molecule has 5 nitrogen and oxygen atoms in total. The zero-order chi connectivity index (χ0) is 17.6. The topological polar surface area (TPSA) is 71.1 Å². The number of nitrogens with one attached hydrogen (secondary N) is 2. The number of hydrogen-bond acceptors (Lipinski definition) is 4. The molecule has 126 valence electrons. The van der Waals surface area contributed by atoms with Crippen molar-refractivity contribution in [3.05, 3.63) is 52.5 Å². The minimum absolute atomic E-state index is 0.0576. The first-order valence-corrected chi connectivity index (χ1v) is 7.55. The van der Waals surface area contributed by atoms with Crippen LogP contribution in [0.25, 0.3) is 6.08 Å². The SMILES string of the molecule is O=C(/C=C/c1nccs1)Nc1ccccc1C(=O)NCC(F)(F)F. The third kappa shape index (κ3) is 5.51. The van der Waals surface area contributed by atoms with Crippen molar-refractivity contribution in [1.29, 1.82) is 0 Å². The predicted molar refractivity (Wildman–Crippen MR) is 84.6 cm³/mol. The Morgan fingerprint density at radius 1 is 1.25 bits per heavy atom. The molecule has 0 fully saturated rings. The van der Waals surface area contributed by atoms with E-state index in [4.69, 9.17) is 0 Å². The molecule has 0 aliphatic carbocycles. The van der Waals surface area contributed by atoms with E-state index < -0.39 is 24.5 Å². The number of carbonyl (C=O) groups excluding carboxylic acids is 2. The number of nitrogens with zero attached hydrogens (tertiary/aromatic N) is 1. The van der Waals surface area contributed by atoms with E-state index in [0.717, 1.165) is 0 Å². The lowest BCUT2D eigenvalue weighted by Crippen LogP contribution is -2.34. The molecule has 0 unspecified atom stereocenters. The molecule has 2 aromatic rings. The van der Waals surface area contributed by atoms with Gasteiger partial charge in [-0.25, -0.2) is 4.98 Å². The number of amides is 2. The second kappa shape index (κ2) is 7.73. The lowest BCUT2D eigenvalue weighted by Gasteiger charge is -2.11. The van der Waals surface area contributed by atoms with Crippen molar-refractivity contribution in [2.45, 2.75) is 6.18 Å². The number of benzene rings is 1. The summed E-state index contributed by atoms with van der Waals surface area (Å²) in [7, 11) is 0. The maximum atomic E-state index is 12.2. The smallest absolute Gasteiger partial charge is 0.343 e. The first kappa shape index (κ1) is 17.7. The van der Waals surface area contributed by atoms with Crippen LogP contribution in [-0.4, -0.2) is 29.5 Å². The van der Waals surface area contributed by atoms with Crippen molar-refractivity contribution in [2.24, 2.45) is 0 Å². The third-order valence-electron chi connectivity index (χ3n) is 2.71. The van der Waals surface area contributed by atoms with Crippen LogP contribution in [0.2, 0.25) is 0 Å². The first-order valence-electron chi connectivity index (χ1n) is 6.68. The number of hydrogen-bond donors (Lipinski definition) is 2. The van der Waals surface area contributed by atoms with Gasteiger partial charge in [0.05, 0.1) is 11.3 Å². The van der Waals surface area contributed by atoms with Crippen LogP contribution in [0.4, 0.5) is 18.9 Å². The number of aromatic nitrogens is 1. The number of thiazole rings is 1. The molecule has 2 N–H and O–H groups in total. The highest BCUT2D eigenvalue weighted by Gasteiger charge is 2.28. The molecule has 0 saturated carbocycles. The van der Waals surface area contributed by atoms with Crippen LogP contribution in [0.5, 0.6) is 0 Å². The molecule has 0 aliphatic heterocycles. The van der Waals surface area contributed by atoms with E-state index in [1.165, 1.54) is 41.7 Å². The summed E-state index contributed by atoms with van der Waals surface area (Å²) in [6, 6.07) is 5.80. The van der Waals surface area contributed by atoms with Gasteiger partial charge >= 0.3 is 6.18 Å². The molecule has 9 heteroatoms. The van der Waals surface area contributed by atoms with Crippen molar-refractivity contribution < 1.29 is 22.8 Å². The van der Waals surface area contributed by atoms with Gasteiger partial charge in [-0.15, -0.1) is 11.3 Å². The molecule has 0 bridgehead atoms. The van der Waals surface area contributed by atoms with Gasteiger partial charge in [-0.05, 0) is 18.2 Å². The molecule has 24 heavy (non-hydrogen) atoms. The van der Waals surface area contributed by atoms with Crippen LogP contribution in [0.15, 0.2) is 41.9 Å². The lowest BCUT2D eigenvalue weighted by molar-refractivity contribution is -0.123. The van der Waals surface area contributed by atoms with E-state index in [9.17, 15) is 22.8 Å². The Morgan fingerprint density at radius 2 is 2.00 bits per heavy atom. The van der Waals surface area contributed by atoms with Crippen molar-refractivity contribution in [3.8, 4) is 0 Å². The molecule has 0 aliphatic rings. The van der Waals surface area contributed by atoms with Crippen molar-refractivity contribution in [2.75, 3.05) is 11.9 Å². The third-order valence-corrected chi connectivity index (χ3v) is 3.45. The highest BCUT2D eigenvalue weighted by molar-refractivity contribution is 7.10. The number of carbonyl (C=O) groups is 2. The van der Waals surface area contributed by atoms with Gasteiger partial charge in [0.1, 0.15) is 11.6 Å². The largest absolute Gasteiger partial charge is 0.405 e. The zero-order valence-corrected chi connectivity index (χ0v) is 12.9. The molecule has 0 radical (unpaired) electrons. The standard InChI is InChI=1S/C15H12F3N3O2S/c16-15(17,18)9-20-14(23)10-3-1-2-4-11(10)21-12(22)5-6-13-19-7-8-24-13/h1-8H,9H2,(H,20,23)(H,21,22)/b6-5+. The number of alkyl halides is 3. The summed E-state index contributed by atoms with van der Waals surface area (Å²) in [6.07, 6.45) is -0.206. The van der Waals surface area contributed by atoms with Crippen LogP contribution in [0.3, 0.4) is 0 Å². The van der Waals surface area contributed by atoms with Gasteiger partial charge < -0.3 is 10.6 Å². The Labute approximate surface area is 139 Å². The molecular weight excluding hydrogens is 343 g/mol. The highest BCUT2D eigenvalue weighted by atomic mass is 32.1. The Hall–Kier alpha value is -2.68. The Balaban J connectivity index is 2.05. The van der Waals surface area contributed by atoms with Gasteiger partial charge in [0, 0.05) is 17.7 Å². The van der Waals surface area contributed by atoms with E-state index in [1.807, 2.05) is 0 Å². The average molecular weight is 355 g/mol. The number of halogens is 3. The minimum atomic E-state index is -4.51. The molecule has 0 saturated heterocycles. The summed E-state index contributed by atoms with van der Waals surface area (Å²) in [5.74, 6) is -1.45. The second-order valence-electron chi connectivity index (χ2n) is 4.54. The second-order valence-corrected chi connectivity index (χ2v) is 5.46. The van der Waals surface area contributed by atoms with Crippen LogP contribution in [0.1, 0.15) is 15.4 Å².